The maximum Gasteiger partial charge on any atom is 0.511 e. The number of nitrogens with one attached hydrogen (secondary N) is 1. The number of benzene rings is 1. The molecule has 0 radical (unpaired) electrons. The molecule has 2 rings (SSSR count). The van der Waals surface area contributed by atoms with E-state index in [-0.39, 0.29) is 0 Å². The van der Waals surface area contributed by atoms with Crippen LogP contribution in [-0.4, -0.2) is 35.2 Å². The van der Waals surface area contributed by atoms with Gasteiger partial charge in [-0.2, -0.15) is 26.3 Å². The number of unbranched alkanes of at least 4 members (excludes halogenated alkanes) is 2. The van der Waals surface area contributed by atoms with Crippen LogP contribution in [0.5, 0.6) is 0 Å². The Morgan fingerprint density at radius 1 is 1.04 bits per heavy atom. The van der Waals surface area contributed by atoms with Crippen LogP contribution in [0, 0.1) is 0 Å². The number of nitrogens with zero attached hydrogens (tertiary/aromatic N) is 3. The lowest BCUT2D eigenvalue weighted by molar-refractivity contribution is -0.143. The number of alkyl halides is 6. The molecule has 0 saturated heterocycles. The highest BCUT2D eigenvalue weighted by molar-refractivity contribution is 7.90. The van der Waals surface area contributed by atoms with Crippen molar-refractivity contribution in [1.29, 1.82) is 0 Å². The van der Waals surface area contributed by atoms with E-state index in [0.29, 0.717) is 0 Å². The average molecular weight is 432 g/mol. The lowest BCUT2D eigenvalue weighted by Gasteiger charge is -2.10. The molecule has 0 unspecified atom stereocenters. The van der Waals surface area contributed by atoms with Crippen LogP contribution in [-0.2, 0) is 16.4 Å². The van der Waals surface area contributed by atoms with Crippen molar-refractivity contribution in [1.82, 2.24) is 19.7 Å². The van der Waals surface area contributed by atoms with E-state index in [1.165, 1.54) is 19.3 Å². The SMILES string of the molecule is CCCCCc1cn(-c2ccccc2)nn1.O=S(=O)(NC(F)(F)F)C(F)(F)F. The molecular weight excluding hydrogens is 414 g/mol. The van der Waals surface area contributed by atoms with Crippen LogP contribution in [0.4, 0.5) is 26.3 Å². The lowest BCUT2D eigenvalue weighted by Crippen LogP contribution is -2.44. The summed E-state index contributed by atoms with van der Waals surface area (Å²) >= 11 is 0. The summed E-state index contributed by atoms with van der Waals surface area (Å²) in [5, 5.41) is 8.31. The van der Waals surface area contributed by atoms with Crippen molar-refractivity contribution in [3.8, 4) is 5.69 Å². The van der Waals surface area contributed by atoms with Crippen LogP contribution in [0.1, 0.15) is 31.9 Å². The Morgan fingerprint density at radius 3 is 2.11 bits per heavy atom. The first-order valence-corrected chi connectivity index (χ1v) is 9.47. The van der Waals surface area contributed by atoms with Gasteiger partial charge in [0.05, 0.1) is 17.6 Å². The molecule has 1 N–H and O–H groups in total. The molecule has 2 aromatic rings. The molecule has 6 nitrogen and oxygen atoms in total. The van der Waals surface area contributed by atoms with Crippen LogP contribution >= 0.6 is 0 Å². The molecule has 0 amide bonds. The summed E-state index contributed by atoms with van der Waals surface area (Å²) in [6.07, 6.45) is 1.13. The summed E-state index contributed by atoms with van der Waals surface area (Å²) in [6.45, 7) is 2.21. The Morgan fingerprint density at radius 2 is 1.64 bits per heavy atom. The Balaban J connectivity index is 0.000000295. The van der Waals surface area contributed by atoms with Crippen LogP contribution in [0.2, 0.25) is 0 Å². The molecule has 28 heavy (non-hydrogen) atoms. The first kappa shape index (κ1) is 23.9. The summed E-state index contributed by atoms with van der Waals surface area (Å²) in [5.74, 6) is 0. The van der Waals surface area contributed by atoms with E-state index in [9.17, 15) is 34.8 Å². The number of halogens is 6. The van der Waals surface area contributed by atoms with Gasteiger partial charge in [0.2, 0.25) is 0 Å². The second-order valence-corrected chi connectivity index (χ2v) is 7.17. The zero-order valence-corrected chi connectivity index (χ0v) is 15.4. The second kappa shape index (κ2) is 9.87. The minimum absolute atomic E-state index is 0.517. The summed E-state index contributed by atoms with van der Waals surface area (Å²) in [5.41, 5.74) is -3.81. The largest absolute Gasteiger partial charge is 0.511 e. The monoisotopic (exact) mass is 432 g/mol. The third kappa shape index (κ3) is 8.25. The van der Waals surface area contributed by atoms with Gasteiger partial charge < -0.3 is 0 Å². The van der Waals surface area contributed by atoms with Gasteiger partial charge >= 0.3 is 21.8 Å². The van der Waals surface area contributed by atoms with Crippen molar-refractivity contribution in [2.75, 3.05) is 0 Å². The minimum atomic E-state index is -6.33. The predicted molar refractivity (Wildman–Crippen MR) is 88.8 cm³/mol. The Kier molecular flexibility index (Phi) is 8.42. The third-order valence-electron chi connectivity index (χ3n) is 3.15. The molecule has 158 valence electrons. The summed E-state index contributed by atoms with van der Waals surface area (Å²) < 4.78 is 87.7. The number of rotatable bonds is 6. The summed E-state index contributed by atoms with van der Waals surface area (Å²) in [7, 11) is -6.33. The summed E-state index contributed by atoms with van der Waals surface area (Å²) in [4.78, 5) is 0. The van der Waals surface area contributed by atoms with E-state index < -0.39 is 26.6 Å². The predicted octanol–water partition coefficient (Wildman–Crippen LogP) is 3.95. The molecular formula is C15H18F6N4O2S. The fraction of sp³-hybridized carbons (Fsp3) is 0.467. The summed E-state index contributed by atoms with van der Waals surface area (Å²) in [6, 6.07) is 10.1. The highest BCUT2D eigenvalue weighted by atomic mass is 32.2. The zero-order valence-electron chi connectivity index (χ0n) is 14.6. The number of para-hydroxylation sites is 1. The lowest BCUT2D eigenvalue weighted by atomic mass is 10.2. The molecule has 0 aliphatic heterocycles. The van der Waals surface area contributed by atoms with Crippen LogP contribution < -0.4 is 4.72 Å². The molecule has 1 aromatic heterocycles. The standard InChI is InChI=1S/C13H17N3.C2HF6NO2S/c1-2-3-5-8-12-11-16(15-14-12)13-9-6-4-7-10-13;3-1(4,5)9-12(10,11)2(6,7)8/h4,6-7,9-11H,2-3,5,8H2,1H3;9H. The van der Waals surface area contributed by atoms with Crippen LogP contribution in [0.25, 0.3) is 5.69 Å². The van der Waals surface area contributed by atoms with Crippen molar-refractivity contribution >= 4 is 10.0 Å². The van der Waals surface area contributed by atoms with Gasteiger partial charge in [0.1, 0.15) is 0 Å². The van der Waals surface area contributed by atoms with Gasteiger partial charge in [-0.25, -0.2) is 13.1 Å². The van der Waals surface area contributed by atoms with Gasteiger partial charge in [0, 0.05) is 0 Å². The fourth-order valence-corrected chi connectivity index (χ4v) is 2.31. The van der Waals surface area contributed by atoms with Crippen molar-refractivity contribution in [2.24, 2.45) is 0 Å². The molecule has 0 atom stereocenters. The number of aryl methyl sites for hydroxylation is 1. The number of hydrogen-bond acceptors (Lipinski definition) is 4. The molecule has 13 heteroatoms. The smallest absolute Gasteiger partial charge is 0.220 e. The molecule has 0 fully saturated rings. The van der Waals surface area contributed by atoms with Crippen molar-refractivity contribution < 1.29 is 34.8 Å². The van der Waals surface area contributed by atoms with E-state index in [2.05, 4.69) is 17.2 Å². The number of hydrogen-bond donors (Lipinski definition) is 1. The fourth-order valence-electron chi connectivity index (χ4n) is 1.89. The molecule has 0 aliphatic rings. The van der Waals surface area contributed by atoms with Gasteiger partial charge in [-0.3, -0.25) is 0 Å². The van der Waals surface area contributed by atoms with E-state index in [4.69, 9.17) is 0 Å². The number of sulfonamides is 1. The van der Waals surface area contributed by atoms with Crippen molar-refractivity contribution in [3.05, 3.63) is 42.2 Å². The van der Waals surface area contributed by atoms with Crippen LogP contribution in [0.15, 0.2) is 36.5 Å². The minimum Gasteiger partial charge on any atom is -0.220 e. The van der Waals surface area contributed by atoms with E-state index >= 15 is 0 Å². The average Bonchev–Trinajstić information content (AvgIpc) is 3.02. The molecule has 1 heterocycles. The van der Waals surface area contributed by atoms with E-state index in [1.54, 1.807) is 0 Å². The molecule has 0 bridgehead atoms. The second-order valence-electron chi connectivity index (χ2n) is 5.50. The van der Waals surface area contributed by atoms with Gasteiger partial charge in [0.15, 0.2) is 0 Å². The molecule has 0 spiro atoms. The maximum atomic E-state index is 11.2. The molecule has 0 aliphatic carbocycles. The van der Waals surface area contributed by atoms with Crippen molar-refractivity contribution in [3.63, 3.8) is 0 Å². The topological polar surface area (TPSA) is 76.9 Å². The Labute approximate surface area is 157 Å². The first-order valence-electron chi connectivity index (χ1n) is 7.99. The zero-order chi connectivity index (χ0) is 21.4. The maximum absolute atomic E-state index is 11.2. The van der Waals surface area contributed by atoms with Crippen LogP contribution in [0.3, 0.4) is 0 Å². The van der Waals surface area contributed by atoms with Gasteiger partial charge in [-0.15, -0.1) is 9.82 Å². The molecule has 0 saturated carbocycles. The van der Waals surface area contributed by atoms with Gasteiger partial charge in [-0.05, 0) is 25.0 Å². The normalized spacial score (nSPS) is 12.4. The van der Waals surface area contributed by atoms with E-state index in [1.807, 2.05) is 41.2 Å². The highest BCUT2D eigenvalue weighted by Gasteiger charge is 2.51. The third-order valence-corrected chi connectivity index (χ3v) is 4.26. The highest BCUT2D eigenvalue weighted by Crippen LogP contribution is 2.25. The quantitative estimate of drug-likeness (QED) is 0.426. The first-order chi connectivity index (χ1) is 12.9. The molecule has 1 aromatic carbocycles. The Bertz CT molecular complexity index is 819. The van der Waals surface area contributed by atoms with E-state index in [0.717, 1.165) is 17.8 Å². The van der Waals surface area contributed by atoms with Crippen molar-refractivity contribution in [2.45, 2.75) is 44.4 Å². The van der Waals surface area contributed by atoms with Gasteiger partial charge in [-0.1, -0.05) is 43.2 Å². The Hall–Kier alpha value is -2.15. The van der Waals surface area contributed by atoms with Gasteiger partial charge in [0.25, 0.3) is 0 Å². The number of aromatic nitrogens is 3.